The summed E-state index contributed by atoms with van der Waals surface area (Å²) in [7, 11) is 2.00. The number of rotatable bonds is 3. The van der Waals surface area contributed by atoms with E-state index in [4.69, 9.17) is 0 Å². The lowest BCUT2D eigenvalue weighted by Crippen LogP contribution is -2.45. The quantitative estimate of drug-likeness (QED) is 0.867. The molecule has 5 heteroatoms. The Balaban J connectivity index is 0.00000200. The van der Waals surface area contributed by atoms with Crippen LogP contribution < -0.4 is 5.32 Å². The molecule has 0 spiro atoms. The molecule has 1 atom stereocenters. The molecule has 1 unspecified atom stereocenters. The highest BCUT2D eigenvalue weighted by Gasteiger charge is 2.31. The number of halogens is 1. The number of amides is 1. The summed E-state index contributed by atoms with van der Waals surface area (Å²) in [5.41, 5.74) is 0.474. The fourth-order valence-electron chi connectivity index (χ4n) is 3.08. The van der Waals surface area contributed by atoms with Gasteiger partial charge in [-0.15, -0.1) is 12.4 Å². The van der Waals surface area contributed by atoms with E-state index in [1.165, 1.54) is 31.4 Å². The summed E-state index contributed by atoms with van der Waals surface area (Å²) in [5, 5.41) is 3.45. The van der Waals surface area contributed by atoms with Crippen LogP contribution in [0.3, 0.4) is 0 Å². The van der Waals surface area contributed by atoms with Gasteiger partial charge in [-0.05, 0) is 31.1 Å². The van der Waals surface area contributed by atoms with Crippen molar-refractivity contribution in [2.24, 2.45) is 5.41 Å². The van der Waals surface area contributed by atoms with Crippen LogP contribution in [0.15, 0.2) is 0 Å². The van der Waals surface area contributed by atoms with E-state index < -0.39 is 0 Å². The summed E-state index contributed by atoms with van der Waals surface area (Å²) in [4.78, 5) is 14.4. The van der Waals surface area contributed by atoms with Crippen LogP contribution in [0.1, 0.15) is 46.0 Å². The van der Waals surface area contributed by atoms with Crippen LogP contribution in [0.5, 0.6) is 0 Å². The van der Waals surface area contributed by atoms with Crippen molar-refractivity contribution in [1.29, 1.82) is 0 Å². The van der Waals surface area contributed by atoms with Gasteiger partial charge in [0, 0.05) is 43.6 Å². The monoisotopic (exact) mass is 320 g/mol. The second-order valence-corrected chi connectivity index (χ2v) is 7.98. The summed E-state index contributed by atoms with van der Waals surface area (Å²) >= 11 is 1.96. The van der Waals surface area contributed by atoms with Crippen LogP contribution in [-0.2, 0) is 4.79 Å². The SMILES string of the molecule is CN(C(=O)CC1CSCCN1)C1CCC(C)(C)CC1.Cl. The molecule has 2 fully saturated rings. The molecule has 1 N–H and O–H groups in total. The fraction of sp³-hybridized carbons (Fsp3) is 0.933. The number of hydrogen-bond donors (Lipinski definition) is 1. The first-order chi connectivity index (χ1) is 8.98. The van der Waals surface area contributed by atoms with Gasteiger partial charge < -0.3 is 10.2 Å². The summed E-state index contributed by atoms with van der Waals surface area (Å²) in [6.07, 6.45) is 5.49. The van der Waals surface area contributed by atoms with Crippen LogP contribution in [0, 0.1) is 5.41 Å². The number of nitrogens with one attached hydrogen (secondary N) is 1. The Bertz CT molecular complexity index is 309. The van der Waals surface area contributed by atoms with Crippen LogP contribution in [0.25, 0.3) is 0 Å². The van der Waals surface area contributed by atoms with Gasteiger partial charge >= 0.3 is 0 Å². The molecule has 2 aliphatic rings. The number of thioether (sulfide) groups is 1. The predicted octanol–water partition coefficient (Wildman–Crippen LogP) is 2.93. The van der Waals surface area contributed by atoms with Crippen molar-refractivity contribution < 1.29 is 4.79 Å². The molecule has 1 saturated carbocycles. The molecule has 2 rings (SSSR count). The third-order valence-electron chi connectivity index (χ3n) is 4.67. The standard InChI is InChI=1S/C15H28N2OS.ClH/c1-15(2)6-4-13(5-7-15)17(3)14(18)10-12-11-19-9-8-16-12;/h12-13,16H,4-11H2,1-3H3;1H. The first-order valence-electron chi connectivity index (χ1n) is 7.55. The van der Waals surface area contributed by atoms with Crippen LogP contribution in [-0.4, -0.2) is 48.0 Å². The average Bonchev–Trinajstić information content (AvgIpc) is 2.39. The Hall–Kier alpha value is 0.0700. The van der Waals surface area contributed by atoms with E-state index in [2.05, 4.69) is 19.2 Å². The van der Waals surface area contributed by atoms with E-state index in [0.29, 0.717) is 29.8 Å². The van der Waals surface area contributed by atoms with Crippen LogP contribution in [0.4, 0.5) is 0 Å². The van der Waals surface area contributed by atoms with Crippen molar-refractivity contribution in [1.82, 2.24) is 10.2 Å². The Morgan fingerprint density at radius 3 is 2.55 bits per heavy atom. The molecular weight excluding hydrogens is 292 g/mol. The molecule has 1 aliphatic heterocycles. The molecule has 1 aliphatic carbocycles. The van der Waals surface area contributed by atoms with E-state index >= 15 is 0 Å². The Labute approximate surface area is 134 Å². The topological polar surface area (TPSA) is 32.3 Å². The number of nitrogens with zero attached hydrogens (tertiary/aromatic N) is 1. The smallest absolute Gasteiger partial charge is 0.224 e. The minimum absolute atomic E-state index is 0. The molecule has 0 radical (unpaired) electrons. The number of carbonyl (C=O) groups is 1. The van der Waals surface area contributed by atoms with Crippen molar-refractivity contribution in [2.45, 2.75) is 58.0 Å². The molecule has 0 bridgehead atoms. The molecule has 3 nitrogen and oxygen atoms in total. The van der Waals surface area contributed by atoms with Crippen molar-refractivity contribution in [3.8, 4) is 0 Å². The van der Waals surface area contributed by atoms with Crippen molar-refractivity contribution >= 4 is 30.1 Å². The highest BCUT2D eigenvalue weighted by molar-refractivity contribution is 7.99. The highest BCUT2D eigenvalue weighted by Crippen LogP contribution is 2.36. The maximum atomic E-state index is 12.3. The lowest BCUT2D eigenvalue weighted by molar-refractivity contribution is -0.133. The third-order valence-corrected chi connectivity index (χ3v) is 5.80. The highest BCUT2D eigenvalue weighted by atomic mass is 35.5. The van der Waals surface area contributed by atoms with Gasteiger partial charge in [-0.3, -0.25) is 4.79 Å². The normalized spacial score (nSPS) is 26.6. The molecule has 118 valence electrons. The number of carbonyl (C=O) groups excluding carboxylic acids is 1. The largest absolute Gasteiger partial charge is 0.343 e. The fourth-order valence-corrected chi connectivity index (χ4v) is 4.03. The summed E-state index contributed by atoms with van der Waals surface area (Å²) in [5.74, 6) is 2.58. The van der Waals surface area contributed by atoms with Gasteiger partial charge in [0.1, 0.15) is 0 Å². The van der Waals surface area contributed by atoms with E-state index in [1.807, 2.05) is 23.7 Å². The zero-order valence-electron chi connectivity index (χ0n) is 13.0. The van der Waals surface area contributed by atoms with Gasteiger partial charge in [0.2, 0.25) is 5.91 Å². The maximum absolute atomic E-state index is 12.3. The molecule has 0 aromatic rings. The van der Waals surface area contributed by atoms with Crippen LogP contribution >= 0.6 is 24.2 Å². The Morgan fingerprint density at radius 1 is 1.35 bits per heavy atom. The summed E-state index contributed by atoms with van der Waals surface area (Å²) in [6.45, 7) is 5.73. The second-order valence-electron chi connectivity index (χ2n) is 6.83. The van der Waals surface area contributed by atoms with Gasteiger partial charge in [0.25, 0.3) is 0 Å². The van der Waals surface area contributed by atoms with E-state index in [-0.39, 0.29) is 12.4 Å². The second kappa shape index (κ2) is 7.90. The molecule has 20 heavy (non-hydrogen) atoms. The first kappa shape index (κ1) is 18.1. The van der Waals surface area contributed by atoms with E-state index in [0.717, 1.165) is 12.3 Å². The lowest BCUT2D eigenvalue weighted by atomic mass is 9.75. The molecule has 0 aromatic heterocycles. The minimum Gasteiger partial charge on any atom is -0.343 e. The Kier molecular flexibility index (Phi) is 7.16. The molecule has 1 amide bonds. The summed E-state index contributed by atoms with van der Waals surface area (Å²) in [6, 6.07) is 0.852. The first-order valence-corrected chi connectivity index (χ1v) is 8.70. The van der Waals surface area contributed by atoms with Crippen molar-refractivity contribution in [3.63, 3.8) is 0 Å². The molecule has 0 aromatic carbocycles. The minimum atomic E-state index is 0. The van der Waals surface area contributed by atoms with E-state index in [9.17, 15) is 4.79 Å². The van der Waals surface area contributed by atoms with Gasteiger partial charge in [0.05, 0.1) is 0 Å². The van der Waals surface area contributed by atoms with E-state index in [1.54, 1.807) is 0 Å². The van der Waals surface area contributed by atoms with Gasteiger partial charge in [-0.1, -0.05) is 13.8 Å². The van der Waals surface area contributed by atoms with Gasteiger partial charge in [-0.2, -0.15) is 11.8 Å². The van der Waals surface area contributed by atoms with Crippen molar-refractivity contribution in [2.75, 3.05) is 25.1 Å². The average molecular weight is 321 g/mol. The van der Waals surface area contributed by atoms with Crippen LogP contribution in [0.2, 0.25) is 0 Å². The zero-order chi connectivity index (χ0) is 13.9. The van der Waals surface area contributed by atoms with Gasteiger partial charge in [0.15, 0.2) is 0 Å². The lowest BCUT2D eigenvalue weighted by Gasteiger charge is -2.39. The number of hydrogen-bond acceptors (Lipinski definition) is 3. The molecular formula is C15H29ClN2OS. The molecule has 1 heterocycles. The maximum Gasteiger partial charge on any atom is 0.224 e. The Morgan fingerprint density at radius 2 is 2.00 bits per heavy atom. The molecule has 1 saturated heterocycles. The predicted molar refractivity (Wildman–Crippen MR) is 89.8 cm³/mol. The zero-order valence-corrected chi connectivity index (χ0v) is 14.6. The summed E-state index contributed by atoms with van der Waals surface area (Å²) < 4.78 is 0. The van der Waals surface area contributed by atoms with Crippen molar-refractivity contribution in [3.05, 3.63) is 0 Å². The van der Waals surface area contributed by atoms with Gasteiger partial charge in [-0.25, -0.2) is 0 Å². The third kappa shape index (κ3) is 5.12.